The molecular weight excluding hydrogens is 409 g/mol. The maximum absolute atomic E-state index is 12.9. The Morgan fingerprint density at radius 3 is 2.62 bits per heavy atom. The van der Waals surface area contributed by atoms with E-state index in [4.69, 9.17) is 9.39 Å². The van der Waals surface area contributed by atoms with Crippen LogP contribution in [-0.4, -0.2) is 53.2 Å². The molecule has 2 fully saturated rings. The number of amides is 1. The lowest BCUT2D eigenvalue weighted by atomic mass is 9.78. The number of aromatic carboxylic acids is 1. The van der Waals surface area contributed by atoms with E-state index in [0.29, 0.717) is 31.7 Å². The van der Waals surface area contributed by atoms with Gasteiger partial charge in [0, 0.05) is 5.92 Å². The topological polar surface area (TPSA) is 96.3 Å². The van der Waals surface area contributed by atoms with Crippen LogP contribution >= 0.6 is 0 Å². The molecule has 0 bridgehead atoms. The fourth-order valence-electron chi connectivity index (χ4n) is 5.08. The normalized spacial score (nSPS) is 22.7. The van der Waals surface area contributed by atoms with Crippen LogP contribution in [0.3, 0.4) is 0 Å². The van der Waals surface area contributed by atoms with Crippen LogP contribution in [0.4, 0.5) is 0 Å². The third-order valence-corrected chi connectivity index (χ3v) is 6.84. The van der Waals surface area contributed by atoms with Gasteiger partial charge in [0.05, 0.1) is 13.1 Å². The van der Waals surface area contributed by atoms with Gasteiger partial charge in [-0.05, 0) is 55.1 Å². The Morgan fingerprint density at radius 2 is 1.88 bits per heavy atom. The van der Waals surface area contributed by atoms with E-state index < -0.39 is 13.1 Å². The summed E-state index contributed by atoms with van der Waals surface area (Å²) in [5.41, 5.74) is 1.99. The molecule has 1 aliphatic carbocycles. The molecule has 2 aliphatic heterocycles. The van der Waals surface area contributed by atoms with Crippen molar-refractivity contribution >= 4 is 19.0 Å². The second kappa shape index (κ2) is 8.50. The molecule has 2 atom stereocenters. The van der Waals surface area contributed by atoms with Crippen LogP contribution < -0.4 is 9.39 Å². The molecule has 1 saturated heterocycles. The van der Waals surface area contributed by atoms with Crippen molar-refractivity contribution in [1.29, 1.82) is 0 Å². The lowest BCUT2D eigenvalue weighted by Crippen LogP contribution is -2.57. The number of likely N-dealkylation sites (tertiary alicyclic amines) is 1. The van der Waals surface area contributed by atoms with Gasteiger partial charge in [-0.3, -0.25) is 4.79 Å². The van der Waals surface area contributed by atoms with Crippen LogP contribution in [0.25, 0.3) is 0 Å². The largest absolute Gasteiger partial charge is 0.535 e. The van der Waals surface area contributed by atoms with Crippen LogP contribution in [0, 0.1) is 5.92 Å². The average Bonchev–Trinajstić information content (AvgIpc) is 3.26. The van der Waals surface area contributed by atoms with Crippen molar-refractivity contribution in [3.8, 4) is 11.5 Å². The molecule has 32 heavy (non-hydrogen) atoms. The van der Waals surface area contributed by atoms with E-state index in [-0.39, 0.29) is 35.0 Å². The number of fused-ring (bicyclic) bond motifs is 1. The molecule has 2 aromatic carbocycles. The SMILES string of the molecule is O=C(O)c1c(OC2CN(C(=O)[C@H]3CC[C@@H](c4ccccc4)C3)C2)ccc2c1OB(O)CC2. The predicted molar refractivity (Wildman–Crippen MR) is 118 cm³/mol. The number of carbonyl (C=O) groups is 2. The quantitative estimate of drug-likeness (QED) is 0.702. The molecule has 5 rings (SSSR count). The molecule has 0 radical (unpaired) electrons. The van der Waals surface area contributed by atoms with Gasteiger partial charge in [-0.15, -0.1) is 0 Å². The summed E-state index contributed by atoms with van der Waals surface area (Å²) >= 11 is 0. The maximum Gasteiger partial charge on any atom is 0.522 e. The fraction of sp³-hybridized carbons (Fsp3) is 0.417. The molecule has 1 amide bonds. The number of carbonyl (C=O) groups excluding carboxylic acids is 1. The van der Waals surface area contributed by atoms with Crippen molar-refractivity contribution in [1.82, 2.24) is 4.90 Å². The predicted octanol–water partition coefficient (Wildman–Crippen LogP) is 2.97. The number of nitrogens with zero attached hydrogens (tertiary/aromatic N) is 1. The molecule has 2 aromatic rings. The summed E-state index contributed by atoms with van der Waals surface area (Å²) < 4.78 is 11.3. The Hall–Kier alpha value is -3.00. The smallest absolute Gasteiger partial charge is 0.522 e. The van der Waals surface area contributed by atoms with Gasteiger partial charge in [-0.1, -0.05) is 36.4 Å². The summed E-state index contributed by atoms with van der Waals surface area (Å²) in [7, 11) is -1.02. The Kier molecular flexibility index (Phi) is 5.55. The Bertz CT molecular complexity index is 1020. The number of benzene rings is 2. The number of hydrogen-bond acceptors (Lipinski definition) is 5. The van der Waals surface area contributed by atoms with E-state index in [1.165, 1.54) is 5.56 Å². The Morgan fingerprint density at radius 1 is 1.09 bits per heavy atom. The summed E-state index contributed by atoms with van der Waals surface area (Å²) in [6, 6.07) is 13.8. The minimum atomic E-state index is -1.16. The van der Waals surface area contributed by atoms with E-state index in [1.807, 2.05) is 23.1 Å². The highest BCUT2D eigenvalue weighted by molar-refractivity contribution is 6.44. The first-order chi connectivity index (χ1) is 15.5. The van der Waals surface area contributed by atoms with E-state index in [2.05, 4.69) is 12.1 Å². The first-order valence-corrected chi connectivity index (χ1v) is 11.2. The monoisotopic (exact) mass is 435 g/mol. The fourth-order valence-corrected chi connectivity index (χ4v) is 5.08. The van der Waals surface area contributed by atoms with Crippen molar-refractivity contribution < 1.29 is 29.1 Å². The van der Waals surface area contributed by atoms with Gasteiger partial charge in [0.2, 0.25) is 5.91 Å². The lowest BCUT2D eigenvalue weighted by molar-refractivity contribution is -0.144. The van der Waals surface area contributed by atoms with Gasteiger partial charge in [0.1, 0.15) is 23.2 Å². The van der Waals surface area contributed by atoms with Crippen molar-refractivity contribution in [2.45, 2.75) is 44.0 Å². The zero-order valence-corrected chi connectivity index (χ0v) is 17.8. The van der Waals surface area contributed by atoms with Crippen molar-refractivity contribution in [3.63, 3.8) is 0 Å². The highest BCUT2D eigenvalue weighted by Crippen LogP contribution is 2.40. The maximum atomic E-state index is 12.9. The number of ether oxygens (including phenoxy) is 1. The highest BCUT2D eigenvalue weighted by Gasteiger charge is 2.40. The van der Waals surface area contributed by atoms with Gasteiger partial charge in [-0.2, -0.15) is 0 Å². The molecule has 8 heteroatoms. The molecule has 1 saturated carbocycles. The summed E-state index contributed by atoms with van der Waals surface area (Å²) in [4.78, 5) is 26.6. The molecule has 2 heterocycles. The van der Waals surface area contributed by atoms with Crippen LogP contribution in [-0.2, 0) is 11.2 Å². The van der Waals surface area contributed by atoms with Crippen LogP contribution in [0.15, 0.2) is 42.5 Å². The van der Waals surface area contributed by atoms with E-state index in [9.17, 15) is 19.7 Å². The van der Waals surface area contributed by atoms with Crippen LogP contribution in [0.2, 0.25) is 6.32 Å². The average molecular weight is 435 g/mol. The molecule has 0 aromatic heterocycles. The Labute approximate surface area is 187 Å². The second-order valence-electron chi connectivity index (χ2n) is 8.94. The van der Waals surface area contributed by atoms with Crippen molar-refractivity contribution in [2.24, 2.45) is 5.92 Å². The third-order valence-electron chi connectivity index (χ3n) is 6.84. The van der Waals surface area contributed by atoms with Crippen molar-refractivity contribution in [3.05, 3.63) is 59.2 Å². The summed E-state index contributed by atoms with van der Waals surface area (Å²) in [6.07, 6.45) is 3.52. The number of aryl methyl sites for hydroxylation is 1. The molecule has 7 nitrogen and oxygen atoms in total. The lowest BCUT2D eigenvalue weighted by Gasteiger charge is -2.40. The summed E-state index contributed by atoms with van der Waals surface area (Å²) in [5, 5.41) is 19.5. The first kappa shape index (κ1) is 20.9. The van der Waals surface area contributed by atoms with Gasteiger partial charge in [-0.25, -0.2) is 4.79 Å². The number of carboxylic acids is 1. The van der Waals surface area contributed by atoms with Crippen LogP contribution in [0.5, 0.6) is 11.5 Å². The molecule has 0 unspecified atom stereocenters. The second-order valence-corrected chi connectivity index (χ2v) is 8.94. The number of rotatable bonds is 5. The third kappa shape index (κ3) is 3.95. The summed E-state index contributed by atoms with van der Waals surface area (Å²) in [6.45, 7) is 0.899. The van der Waals surface area contributed by atoms with Crippen LogP contribution in [0.1, 0.15) is 46.7 Å². The first-order valence-electron chi connectivity index (χ1n) is 11.2. The molecule has 166 valence electrons. The zero-order valence-electron chi connectivity index (χ0n) is 17.8. The molecular formula is C24H26BNO6. The van der Waals surface area contributed by atoms with E-state index >= 15 is 0 Å². The number of hydrogen-bond donors (Lipinski definition) is 2. The highest BCUT2D eigenvalue weighted by atomic mass is 16.5. The van der Waals surface area contributed by atoms with Gasteiger partial charge < -0.3 is 24.4 Å². The molecule has 2 N–H and O–H groups in total. The van der Waals surface area contributed by atoms with Gasteiger partial charge in [0.25, 0.3) is 0 Å². The van der Waals surface area contributed by atoms with Gasteiger partial charge >= 0.3 is 13.1 Å². The zero-order chi connectivity index (χ0) is 22.2. The molecule has 3 aliphatic rings. The minimum absolute atomic E-state index is 0.0365. The standard InChI is InChI=1S/C24H26BNO6/c27-23(18-7-6-17(12-18)15-4-2-1-3-5-15)26-13-19(14-26)31-20-9-8-16-10-11-25(30)32-22(16)21(20)24(28)29/h1-5,8-9,17-19,30H,6-7,10-14H2,(H,28,29)/t17-,18+/m1/s1. The van der Waals surface area contributed by atoms with E-state index in [1.54, 1.807) is 12.1 Å². The van der Waals surface area contributed by atoms with Gasteiger partial charge in [0.15, 0.2) is 0 Å². The van der Waals surface area contributed by atoms with Crippen molar-refractivity contribution in [2.75, 3.05) is 13.1 Å². The number of carboxylic acid groups (broad SMARTS) is 1. The molecule has 0 spiro atoms. The van der Waals surface area contributed by atoms with E-state index in [0.717, 1.165) is 24.8 Å². The Balaban J connectivity index is 1.20. The summed E-state index contributed by atoms with van der Waals surface area (Å²) in [5.74, 6) is -0.127. The minimum Gasteiger partial charge on any atom is -0.535 e.